The third-order valence-corrected chi connectivity index (χ3v) is 6.19. The zero-order chi connectivity index (χ0) is 12.6. The molecule has 88 valence electrons. The fraction of sp³-hybridized carbons (Fsp3) is 0. The second kappa shape index (κ2) is 5.53. The van der Waals surface area contributed by atoms with E-state index in [9.17, 15) is 4.79 Å². The molecule has 0 saturated carbocycles. The molecule has 0 aliphatic heterocycles. The molecule has 0 unspecified atom stereocenters. The lowest BCUT2D eigenvalue weighted by Crippen LogP contribution is -1.99. The molecule has 0 spiro atoms. The maximum absolute atomic E-state index is 12.2. The van der Waals surface area contributed by atoms with Crippen LogP contribution in [-0.2, 0) is 0 Å². The minimum Gasteiger partial charge on any atom is -0.288 e. The predicted molar refractivity (Wildman–Crippen MR) is 82.3 cm³/mol. The molecule has 2 rings (SSSR count). The molecule has 0 aliphatic carbocycles. The van der Waals surface area contributed by atoms with Gasteiger partial charge in [0, 0.05) is 19.5 Å². The first-order valence-electron chi connectivity index (χ1n) is 4.43. The molecule has 2 aromatic rings. The van der Waals surface area contributed by atoms with Gasteiger partial charge in [0.25, 0.3) is 0 Å². The summed E-state index contributed by atoms with van der Waals surface area (Å²) < 4.78 is 2.50. The first-order valence-corrected chi connectivity index (χ1v) is 8.01. The van der Waals surface area contributed by atoms with E-state index in [1.165, 1.54) is 11.3 Å². The van der Waals surface area contributed by atoms with E-state index < -0.39 is 0 Å². The average Bonchev–Trinajstić information content (AvgIpc) is 2.58. The highest BCUT2D eigenvalue weighted by Crippen LogP contribution is 2.34. The molecule has 0 bridgehead atoms. The van der Waals surface area contributed by atoms with Gasteiger partial charge < -0.3 is 0 Å². The highest BCUT2D eigenvalue weighted by molar-refractivity contribution is 9.13. The predicted octanol–water partition coefficient (Wildman–Crippen LogP) is 5.92. The summed E-state index contributed by atoms with van der Waals surface area (Å²) >= 11 is 17.3. The Hall–Kier alpha value is 0.320. The van der Waals surface area contributed by atoms with Crippen LogP contribution in [0.2, 0.25) is 5.02 Å². The number of ketones is 1. The molecule has 1 heterocycles. The largest absolute Gasteiger partial charge is 0.288 e. The summed E-state index contributed by atoms with van der Waals surface area (Å²) in [6.07, 6.45) is 0. The van der Waals surface area contributed by atoms with Gasteiger partial charge in [0.2, 0.25) is 5.78 Å². The molecular formula is C11H4Br3ClOS. The molecule has 6 heteroatoms. The summed E-state index contributed by atoms with van der Waals surface area (Å²) in [5.41, 5.74) is 0.607. The summed E-state index contributed by atoms with van der Waals surface area (Å²) in [4.78, 5) is 12.9. The van der Waals surface area contributed by atoms with Crippen LogP contribution in [0.5, 0.6) is 0 Å². The van der Waals surface area contributed by atoms with E-state index in [4.69, 9.17) is 11.6 Å². The zero-order valence-electron chi connectivity index (χ0n) is 8.14. The molecule has 0 amide bonds. The van der Waals surface area contributed by atoms with Crippen LogP contribution in [0.15, 0.2) is 37.0 Å². The Bertz CT molecular complexity index is 575. The second-order valence-electron chi connectivity index (χ2n) is 3.19. The fourth-order valence-electron chi connectivity index (χ4n) is 1.26. The lowest BCUT2D eigenvalue weighted by Gasteiger charge is -2.01. The van der Waals surface area contributed by atoms with Gasteiger partial charge in [0.1, 0.15) is 0 Å². The lowest BCUT2D eigenvalue weighted by atomic mass is 10.1. The molecule has 0 N–H and O–H groups in total. The van der Waals surface area contributed by atoms with Crippen molar-refractivity contribution in [1.82, 2.24) is 0 Å². The summed E-state index contributed by atoms with van der Waals surface area (Å²) in [7, 11) is 0. The van der Waals surface area contributed by atoms with E-state index >= 15 is 0 Å². The molecule has 0 radical (unpaired) electrons. The Balaban J connectivity index is 2.43. The molecular weight excluding hydrogens is 455 g/mol. The van der Waals surface area contributed by atoms with Gasteiger partial charge in [-0.15, -0.1) is 11.3 Å². The Morgan fingerprint density at radius 3 is 2.35 bits per heavy atom. The van der Waals surface area contributed by atoms with Gasteiger partial charge in [-0.3, -0.25) is 4.79 Å². The summed E-state index contributed by atoms with van der Waals surface area (Å²) in [6, 6.07) is 6.94. The van der Waals surface area contributed by atoms with Gasteiger partial charge in [-0.05, 0) is 72.1 Å². The van der Waals surface area contributed by atoms with E-state index in [0.29, 0.717) is 19.9 Å². The normalized spacial score (nSPS) is 10.6. The minimum absolute atomic E-state index is 0.0232. The van der Waals surface area contributed by atoms with Gasteiger partial charge in [-0.1, -0.05) is 11.6 Å². The van der Waals surface area contributed by atoms with Crippen LogP contribution in [0.3, 0.4) is 0 Å². The standard InChI is InChI=1S/C11H4Br3ClOS/c12-7-3-5(15)1-2-6(7)10(16)9-4-8(13)11(14)17-9/h1-4H. The van der Waals surface area contributed by atoms with Crippen molar-refractivity contribution >= 4 is 76.5 Å². The average molecular weight is 459 g/mol. The Morgan fingerprint density at radius 2 is 1.82 bits per heavy atom. The van der Waals surface area contributed by atoms with Crippen molar-refractivity contribution in [3.8, 4) is 0 Å². The molecule has 17 heavy (non-hydrogen) atoms. The van der Waals surface area contributed by atoms with Crippen molar-refractivity contribution in [2.45, 2.75) is 0 Å². The zero-order valence-corrected chi connectivity index (χ0v) is 14.5. The number of benzene rings is 1. The van der Waals surface area contributed by atoms with Crippen molar-refractivity contribution in [2.75, 3.05) is 0 Å². The smallest absolute Gasteiger partial charge is 0.204 e. The number of hydrogen-bond acceptors (Lipinski definition) is 2. The van der Waals surface area contributed by atoms with E-state index in [-0.39, 0.29) is 5.78 Å². The van der Waals surface area contributed by atoms with Crippen molar-refractivity contribution < 1.29 is 4.79 Å². The maximum Gasteiger partial charge on any atom is 0.204 e. The Kier molecular flexibility index (Phi) is 4.47. The lowest BCUT2D eigenvalue weighted by molar-refractivity contribution is 0.104. The summed E-state index contributed by atoms with van der Waals surface area (Å²) in [5, 5.41) is 0.599. The van der Waals surface area contributed by atoms with Crippen molar-refractivity contribution in [3.63, 3.8) is 0 Å². The maximum atomic E-state index is 12.2. The van der Waals surface area contributed by atoms with Crippen LogP contribution < -0.4 is 0 Å². The third-order valence-electron chi connectivity index (χ3n) is 2.04. The van der Waals surface area contributed by atoms with Gasteiger partial charge in [0.15, 0.2) is 0 Å². The Morgan fingerprint density at radius 1 is 1.12 bits per heavy atom. The van der Waals surface area contributed by atoms with Crippen LogP contribution in [0.1, 0.15) is 15.2 Å². The van der Waals surface area contributed by atoms with Crippen LogP contribution >= 0.6 is 70.7 Å². The molecule has 1 nitrogen and oxygen atoms in total. The van der Waals surface area contributed by atoms with Crippen molar-refractivity contribution in [3.05, 3.63) is 52.5 Å². The highest BCUT2D eigenvalue weighted by Gasteiger charge is 2.16. The van der Waals surface area contributed by atoms with Crippen molar-refractivity contribution in [1.29, 1.82) is 0 Å². The summed E-state index contributed by atoms with van der Waals surface area (Å²) in [5.74, 6) is -0.0232. The Labute approximate surface area is 133 Å². The molecule has 0 atom stereocenters. The van der Waals surface area contributed by atoms with Crippen molar-refractivity contribution in [2.24, 2.45) is 0 Å². The molecule has 0 fully saturated rings. The molecule has 0 aliphatic rings. The van der Waals surface area contributed by atoms with Gasteiger partial charge in [0.05, 0.1) is 8.66 Å². The quantitative estimate of drug-likeness (QED) is 0.510. The van der Waals surface area contributed by atoms with E-state index in [2.05, 4.69) is 47.8 Å². The molecule has 1 aromatic heterocycles. The molecule has 0 saturated heterocycles. The fourth-order valence-corrected chi connectivity index (χ4v) is 4.12. The SMILES string of the molecule is O=C(c1cc(Br)c(Br)s1)c1ccc(Cl)cc1Br. The topological polar surface area (TPSA) is 17.1 Å². The monoisotopic (exact) mass is 456 g/mol. The van der Waals surface area contributed by atoms with E-state index in [1.807, 2.05) is 0 Å². The van der Waals surface area contributed by atoms with Crippen LogP contribution in [0, 0.1) is 0 Å². The van der Waals surface area contributed by atoms with Gasteiger partial charge >= 0.3 is 0 Å². The van der Waals surface area contributed by atoms with E-state index in [1.54, 1.807) is 24.3 Å². The third kappa shape index (κ3) is 3.01. The van der Waals surface area contributed by atoms with Crippen LogP contribution in [0.25, 0.3) is 0 Å². The highest BCUT2D eigenvalue weighted by atomic mass is 79.9. The second-order valence-corrected chi connectivity index (χ2v) is 7.70. The minimum atomic E-state index is -0.0232. The van der Waals surface area contributed by atoms with Gasteiger partial charge in [-0.25, -0.2) is 0 Å². The number of hydrogen-bond donors (Lipinski definition) is 0. The number of carbonyl (C=O) groups excluding carboxylic acids is 1. The number of thiophene rings is 1. The van der Waals surface area contributed by atoms with Gasteiger partial charge in [-0.2, -0.15) is 0 Å². The first kappa shape index (κ1) is 13.7. The number of halogens is 4. The van der Waals surface area contributed by atoms with Crippen LogP contribution in [-0.4, -0.2) is 5.78 Å². The van der Waals surface area contributed by atoms with E-state index in [0.717, 1.165) is 8.26 Å². The molecule has 1 aromatic carbocycles. The first-order chi connectivity index (χ1) is 7.99. The van der Waals surface area contributed by atoms with Crippen LogP contribution in [0.4, 0.5) is 0 Å². The number of rotatable bonds is 2. The summed E-state index contributed by atoms with van der Waals surface area (Å²) in [6.45, 7) is 0. The number of carbonyl (C=O) groups is 1.